The maximum atomic E-state index is 12.2. The maximum absolute atomic E-state index is 12.2. The van der Waals surface area contributed by atoms with Crippen LogP contribution in [0, 0.1) is 5.92 Å². The van der Waals surface area contributed by atoms with E-state index in [9.17, 15) is 9.59 Å². The standard InChI is InChI=1S/C17H20Cl2N4O2/c1-10-5-7-23(8-6-10)17-21-13(16(25)22-17)9-14(24)20-12-4-2-3-11(18)15(12)19/h2-4,10,13H,5-9H2,1H3,(H,20,24)(H,21,22,25)/t13-/m0/s1. The Morgan fingerprint density at radius 3 is 2.80 bits per heavy atom. The Kier molecular flexibility index (Phi) is 5.49. The van der Waals surface area contributed by atoms with Gasteiger partial charge in [0.15, 0.2) is 0 Å². The highest BCUT2D eigenvalue weighted by Crippen LogP contribution is 2.29. The van der Waals surface area contributed by atoms with Gasteiger partial charge in [-0.3, -0.25) is 14.9 Å². The molecule has 0 spiro atoms. The molecule has 1 atom stereocenters. The van der Waals surface area contributed by atoms with Crippen molar-refractivity contribution in [3.8, 4) is 0 Å². The van der Waals surface area contributed by atoms with Crippen LogP contribution in [-0.4, -0.2) is 41.8 Å². The summed E-state index contributed by atoms with van der Waals surface area (Å²) < 4.78 is 0. The lowest BCUT2D eigenvalue weighted by Gasteiger charge is -2.31. The van der Waals surface area contributed by atoms with Gasteiger partial charge in [-0.2, -0.15) is 0 Å². The fraction of sp³-hybridized carbons (Fsp3) is 0.471. The molecular formula is C17H20Cl2N4O2. The summed E-state index contributed by atoms with van der Waals surface area (Å²) in [6.07, 6.45) is 2.11. The molecule has 0 radical (unpaired) electrons. The van der Waals surface area contributed by atoms with Crippen LogP contribution in [0.15, 0.2) is 23.2 Å². The zero-order valence-corrected chi connectivity index (χ0v) is 15.4. The highest BCUT2D eigenvalue weighted by molar-refractivity contribution is 6.44. The maximum Gasteiger partial charge on any atom is 0.252 e. The van der Waals surface area contributed by atoms with E-state index in [1.54, 1.807) is 18.2 Å². The number of aliphatic imine (C=N–C) groups is 1. The molecule has 2 N–H and O–H groups in total. The van der Waals surface area contributed by atoms with E-state index in [4.69, 9.17) is 23.2 Å². The molecule has 2 aliphatic rings. The summed E-state index contributed by atoms with van der Waals surface area (Å²) in [7, 11) is 0. The van der Waals surface area contributed by atoms with Gasteiger partial charge in [0.2, 0.25) is 11.9 Å². The minimum absolute atomic E-state index is 0.0393. The van der Waals surface area contributed by atoms with Crippen LogP contribution in [0.2, 0.25) is 10.0 Å². The van der Waals surface area contributed by atoms with Crippen molar-refractivity contribution in [2.45, 2.75) is 32.2 Å². The predicted molar refractivity (Wildman–Crippen MR) is 99.0 cm³/mol. The van der Waals surface area contributed by atoms with Crippen LogP contribution < -0.4 is 10.6 Å². The SMILES string of the molecule is CC1CCN(C2=N[C@@H](CC(=O)Nc3cccc(Cl)c3Cl)C(=O)N2)CC1. The van der Waals surface area contributed by atoms with Crippen molar-refractivity contribution in [3.05, 3.63) is 28.2 Å². The summed E-state index contributed by atoms with van der Waals surface area (Å²) in [5.74, 6) is 0.691. The molecule has 0 unspecified atom stereocenters. The van der Waals surface area contributed by atoms with Crippen molar-refractivity contribution in [3.63, 3.8) is 0 Å². The van der Waals surface area contributed by atoms with Gasteiger partial charge >= 0.3 is 0 Å². The van der Waals surface area contributed by atoms with E-state index in [1.165, 1.54) is 0 Å². The van der Waals surface area contributed by atoms with Gasteiger partial charge in [-0.25, -0.2) is 4.99 Å². The number of piperidine rings is 1. The number of hydrogen-bond donors (Lipinski definition) is 2. The van der Waals surface area contributed by atoms with Gasteiger partial charge in [-0.05, 0) is 30.9 Å². The fourth-order valence-corrected chi connectivity index (χ4v) is 3.28. The number of anilines is 1. The molecule has 3 rings (SSSR count). The van der Waals surface area contributed by atoms with Gasteiger partial charge < -0.3 is 10.2 Å². The van der Waals surface area contributed by atoms with E-state index in [0.717, 1.165) is 25.9 Å². The molecule has 25 heavy (non-hydrogen) atoms. The van der Waals surface area contributed by atoms with Gasteiger partial charge in [-0.1, -0.05) is 36.2 Å². The van der Waals surface area contributed by atoms with Crippen molar-refractivity contribution in [2.24, 2.45) is 10.9 Å². The van der Waals surface area contributed by atoms with Crippen molar-refractivity contribution < 1.29 is 9.59 Å². The molecule has 0 aliphatic carbocycles. The molecule has 2 heterocycles. The first kappa shape index (κ1) is 18.0. The number of guanidine groups is 1. The van der Waals surface area contributed by atoms with Gasteiger partial charge in [0.1, 0.15) is 6.04 Å². The molecule has 1 fully saturated rings. The average molecular weight is 383 g/mol. The molecule has 134 valence electrons. The first-order chi connectivity index (χ1) is 11.9. The molecule has 0 bridgehead atoms. The van der Waals surface area contributed by atoms with E-state index in [2.05, 4.69) is 27.4 Å². The van der Waals surface area contributed by atoms with Crippen LogP contribution >= 0.6 is 23.2 Å². The van der Waals surface area contributed by atoms with Gasteiger partial charge in [0.05, 0.1) is 22.2 Å². The lowest BCUT2D eigenvalue weighted by molar-refractivity contribution is -0.124. The predicted octanol–water partition coefficient (Wildman–Crippen LogP) is 2.91. The fourth-order valence-electron chi connectivity index (χ4n) is 2.93. The molecule has 6 nitrogen and oxygen atoms in total. The average Bonchev–Trinajstić information content (AvgIpc) is 2.93. The molecule has 1 saturated heterocycles. The Morgan fingerprint density at radius 1 is 1.36 bits per heavy atom. The monoisotopic (exact) mass is 382 g/mol. The minimum atomic E-state index is -0.715. The number of nitrogens with zero attached hydrogens (tertiary/aromatic N) is 2. The van der Waals surface area contributed by atoms with Crippen molar-refractivity contribution >= 4 is 46.7 Å². The lowest BCUT2D eigenvalue weighted by atomic mass is 10.00. The minimum Gasteiger partial charge on any atom is -0.343 e. The van der Waals surface area contributed by atoms with Crippen LogP contribution in [0.25, 0.3) is 0 Å². The largest absolute Gasteiger partial charge is 0.343 e. The van der Waals surface area contributed by atoms with Crippen LogP contribution in [0.3, 0.4) is 0 Å². The summed E-state index contributed by atoms with van der Waals surface area (Å²) >= 11 is 12.0. The van der Waals surface area contributed by atoms with Crippen LogP contribution in [0.1, 0.15) is 26.2 Å². The van der Waals surface area contributed by atoms with Crippen molar-refractivity contribution in [2.75, 3.05) is 18.4 Å². The second kappa shape index (κ2) is 7.62. The number of hydrogen-bond acceptors (Lipinski definition) is 4. The number of halogens is 2. The number of rotatable bonds is 3. The number of carbonyl (C=O) groups excluding carboxylic acids is 2. The molecule has 2 amide bonds. The molecule has 0 aromatic heterocycles. The van der Waals surface area contributed by atoms with Gasteiger partial charge in [-0.15, -0.1) is 0 Å². The van der Waals surface area contributed by atoms with Gasteiger partial charge in [0.25, 0.3) is 5.91 Å². The first-order valence-electron chi connectivity index (χ1n) is 8.31. The van der Waals surface area contributed by atoms with E-state index in [1.807, 2.05) is 0 Å². The molecule has 1 aromatic rings. The number of carbonyl (C=O) groups is 2. The summed E-state index contributed by atoms with van der Waals surface area (Å²) in [6.45, 7) is 3.97. The van der Waals surface area contributed by atoms with Gasteiger partial charge in [0, 0.05) is 13.1 Å². The quantitative estimate of drug-likeness (QED) is 0.843. The summed E-state index contributed by atoms with van der Waals surface area (Å²) in [5, 5.41) is 6.11. The molecular weight excluding hydrogens is 363 g/mol. The van der Waals surface area contributed by atoms with E-state index >= 15 is 0 Å². The number of nitrogens with one attached hydrogen (secondary N) is 2. The molecule has 2 aliphatic heterocycles. The second-order valence-electron chi connectivity index (χ2n) is 6.48. The van der Waals surface area contributed by atoms with Crippen LogP contribution in [0.4, 0.5) is 5.69 Å². The number of likely N-dealkylation sites (tertiary alicyclic amines) is 1. The van der Waals surface area contributed by atoms with Crippen molar-refractivity contribution in [1.82, 2.24) is 10.2 Å². The summed E-state index contributed by atoms with van der Waals surface area (Å²) in [4.78, 5) is 30.8. The second-order valence-corrected chi connectivity index (χ2v) is 7.27. The zero-order chi connectivity index (χ0) is 18.0. The van der Waals surface area contributed by atoms with Crippen LogP contribution in [0.5, 0.6) is 0 Å². The highest BCUT2D eigenvalue weighted by atomic mass is 35.5. The Hall–Kier alpha value is -1.79. The Labute approximate surface area is 156 Å². The third-order valence-electron chi connectivity index (χ3n) is 4.50. The van der Waals surface area contributed by atoms with E-state index < -0.39 is 6.04 Å². The Bertz CT molecular complexity index is 715. The van der Waals surface area contributed by atoms with Crippen LogP contribution in [-0.2, 0) is 9.59 Å². The number of amides is 2. The third-order valence-corrected chi connectivity index (χ3v) is 5.32. The molecule has 1 aromatic carbocycles. The van der Waals surface area contributed by atoms with Crippen molar-refractivity contribution in [1.29, 1.82) is 0 Å². The third kappa shape index (κ3) is 4.25. The van der Waals surface area contributed by atoms with E-state index in [-0.39, 0.29) is 23.3 Å². The molecule has 8 heteroatoms. The highest BCUT2D eigenvalue weighted by Gasteiger charge is 2.32. The smallest absolute Gasteiger partial charge is 0.252 e. The zero-order valence-electron chi connectivity index (χ0n) is 13.9. The topological polar surface area (TPSA) is 73.8 Å². The first-order valence-corrected chi connectivity index (χ1v) is 9.07. The summed E-state index contributed by atoms with van der Waals surface area (Å²) in [5.41, 5.74) is 0.423. The molecule has 0 saturated carbocycles. The lowest BCUT2D eigenvalue weighted by Crippen LogP contribution is -2.44. The number of benzene rings is 1. The summed E-state index contributed by atoms with van der Waals surface area (Å²) in [6, 6.07) is 4.27. The normalized spacial score (nSPS) is 21.1. The Balaban J connectivity index is 1.61. The van der Waals surface area contributed by atoms with E-state index in [0.29, 0.717) is 22.6 Å². The Morgan fingerprint density at radius 2 is 2.08 bits per heavy atom.